The Hall–Kier alpha value is -1.79. The summed E-state index contributed by atoms with van der Waals surface area (Å²) in [5.41, 5.74) is 4.83. The fourth-order valence-electron chi connectivity index (χ4n) is 1.31. The van der Waals surface area contributed by atoms with E-state index in [0.717, 1.165) is 0 Å². The predicted molar refractivity (Wildman–Crippen MR) is 51.7 cm³/mol. The molecule has 0 spiro atoms. The zero-order chi connectivity index (χ0) is 11.3. The number of carbonyl (C=O) groups excluding carboxylic acids is 3. The summed E-state index contributed by atoms with van der Waals surface area (Å²) in [5, 5.41) is 7.51. The molecule has 4 amide bonds. The Bertz CT molecular complexity index is 279. The molecule has 0 bridgehead atoms. The molecule has 0 radical (unpaired) electrons. The molecule has 15 heavy (non-hydrogen) atoms. The Morgan fingerprint density at radius 2 is 2.07 bits per heavy atom. The Balaban J connectivity index is 2.13. The number of amides is 4. The van der Waals surface area contributed by atoms with Crippen LogP contribution in [0.5, 0.6) is 0 Å². The third-order valence-corrected chi connectivity index (χ3v) is 2.07. The first-order valence-corrected chi connectivity index (χ1v) is 4.67. The molecule has 84 valence electrons. The standard InChI is InChI=1S/C8H14N4O3/c9-8(15)11-2-1-10-7(14)5-3-6(13)12-4-5/h5H,1-4H2,(H,10,14)(H,12,13)(H3,9,11,15). The van der Waals surface area contributed by atoms with E-state index < -0.39 is 6.03 Å². The maximum atomic E-state index is 11.4. The molecule has 5 N–H and O–H groups in total. The van der Waals surface area contributed by atoms with Crippen molar-refractivity contribution in [2.45, 2.75) is 6.42 Å². The van der Waals surface area contributed by atoms with Crippen LogP contribution in [0.1, 0.15) is 6.42 Å². The van der Waals surface area contributed by atoms with Gasteiger partial charge in [-0.2, -0.15) is 0 Å². The zero-order valence-electron chi connectivity index (χ0n) is 8.21. The summed E-state index contributed by atoms with van der Waals surface area (Å²) in [6.07, 6.45) is 0.231. The van der Waals surface area contributed by atoms with E-state index >= 15 is 0 Å². The van der Waals surface area contributed by atoms with E-state index in [-0.39, 0.29) is 30.7 Å². The highest BCUT2D eigenvalue weighted by molar-refractivity contribution is 5.89. The van der Waals surface area contributed by atoms with Crippen LogP contribution in [0.25, 0.3) is 0 Å². The Labute approximate surface area is 86.8 Å². The van der Waals surface area contributed by atoms with Gasteiger partial charge in [0.1, 0.15) is 0 Å². The summed E-state index contributed by atoms with van der Waals surface area (Å²) in [4.78, 5) is 32.5. The van der Waals surface area contributed by atoms with Gasteiger partial charge in [0, 0.05) is 26.1 Å². The maximum Gasteiger partial charge on any atom is 0.312 e. The van der Waals surface area contributed by atoms with Crippen LogP contribution in [0.2, 0.25) is 0 Å². The molecule has 0 aromatic heterocycles. The lowest BCUT2D eigenvalue weighted by Gasteiger charge is -2.08. The SMILES string of the molecule is NC(=O)NCCNC(=O)C1CNC(=O)C1. The number of nitrogens with two attached hydrogens (primary N) is 1. The van der Waals surface area contributed by atoms with Crippen LogP contribution in [0.3, 0.4) is 0 Å². The first kappa shape index (κ1) is 11.3. The number of hydrogen-bond acceptors (Lipinski definition) is 3. The minimum absolute atomic E-state index is 0.106. The van der Waals surface area contributed by atoms with Crippen LogP contribution in [0.15, 0.2) is 0 Å². The van der Waals surface area contributed by atoms with Gasteiger partial charge >= 0.3 is 6.03 Å². The molecule has 7 heteroatoms. The summed E-state index contributed by atoms with van der Waals surface area (Å²) in [5.74, 6) is -0.587. The van der Waals surface area contributed by atoms with Crippen molar-refractivity contribution < 1.29 is 14.4 Å². The average Bonchev–Trinajstić information content (AvgIpc) is 2.59. The fraction of sp³-hybridized carbons (Fsp3) is 0.625. The van der Waals surface area contributed by atoms with Gasteiger partial charge in [0.2, 0.25) is 11.8 Å². The van der Waals surface area contributed by atoms with E-state index in [9.17, 15) is 14.4 Å². The summed E-state index contributed by atoms with van der Waals surface area (Å²) >= 11 is 0. The third kappa shape index (κ3) is 3.84. The summed E-state index contributed by atoms with van der Waals surface area (Å²) < 4.78 is 0. The topological polar surface area (TPSA) is 113 Å². The molecule has 1 fully saturated rings. The second kappa shape index (κ2) is 5.18. The molecular formula is C8H14N4O3. The van der Waals surface area contributed by atoms with Crippen LogP contribution in [0.4, 0.5) is 4.79 Å². The first-order chi connectivity index (χ1) is 7.09. The highest BCUT2D eigenvalue weighted by atomic mass is 16.2. The van der Waals surface area contributed by atoms with Crippen LogP contribution in [0, 0.1) is 5.92 Å². The lowest BCUT2D eigenvalue weighted by Crippen LogP contribution is -2.39. The highest BCUT2D eigenvalue weighted by Gasteiger charge is 2.27. The summed E-state index contributed by atoms with van der Waals surface area (Å²) in [7, 11) is 0. The molecular weight excluding hydrogens is 200 g/mol. The molecule has 1 saturated heterocycles. The van der Waals surface area contributed by atoms with Crippen LogP contribution < -0.4 is 21.7 Å². The van der Waals surface area contributed by atoms with E-state index in [1.807, 2.05) is 0 Å². The largest absolute Gasteiger partial charge is 0.355 e. The lowest BCUT2D eigenvalue weighted by molar-refractivity contribution is -0.126. The van der Waals surface area contributed by atoms with Gasteiger partial charge in [0.15, 0.2) is 0 Å². The van der Waals surface area contributed by atoms with E-state index in [1.165, 1.54) is 0 Å². The van der Waals surface area contributed by atoms with Gasteiger partial charge in [-0.1, -0.05) is 0 Å². The van der Waals surface area contributed by atoms with Gasteiger partial charge in [-0.15, -0.1) is 0 Å². The zero-order valence-corrected chi connectivity index (χ0v) is 8.21. The molecule has 7 nitrogen and oxygen atoms in total. The molecule has 1 rings (SSSR count). The predicted octanol–water partition coefficient (Wildman–Crippen LogP) is -2.09. The lowest BCUT2D eigenvalue weighted by atomic mass is 10.1. The number of rotatable bonds is 4. The quantitative estimate of drug-likeness (QED) is 0.402. The molecule has 0 aromatic rings. The number of nitrogens with one attached hydrogen (secondary N) is 3. The molecule has 1 atom stereocenters. The second-order valence-corrected chi connectivity index (χ2v) is 3.29. The van der Waals surface area contributed by atoms with Crippen molar-refractivity contribution in [1.82, 2.24) is 16.0 Å². The van der Waals surface area contributed by atoms with Gasteiger partial charge in [-0.05, 0) is 0 Å². The van der Waals surface area contributed by atoms with Gasteiger partial charge in [-0.25, -0.2) is 4.79 Å². The summed E-state index contributed by atoms with van der Waals surface area (Å²) in [6.45, 7) is 0.982. The molecule has 1 unspecified atom stereocenters. The van der Waals surface area contributed by atoms with Crippen molar-refractivity contribution in [3.05, 3.63) is 0 Å². The van der Waals surface area contributed by atoms with Crippen LogP contribution >= 0.6 is 0 Å². The smallest absolute Gasteiger partial charge is 0.312 e. The van der Waals surface area contributed by atoms with E-state index in [1.54, 1.807) is 0 Å². The van der Waals surface area contributed by atoms with Gasteiger partial charge < -0.3 is 21.7 Å². The second-order valence-electron chi connectivity index (χ2n) is 3.29. The number of hydrogen-bond donors (Lipinski definition) is 4. The molecule has 1 aliphatic rings. The van der Waals surface area contributed by atoms with Crippen molar-refractivity contribution in [1.29, 1.82) is 0 Å². The maximum absolute atomic E-state index is 11.4. The Morgan fingerprint density at radius 1 is 1.40 bits per heavy atom. The fourth-order valence-corrected chi connectivity index (χ4v) is 1.31. The van der Waals surface area contributed by atoms with Crippen molar-refractivity contribution in [3.63, 3.8) is 0 Å². The van der Waals surface area contributed by atoms with Gasteiger partial charge in [0.25, 0.3) is 0 Å². The van der Waals surface area contributed by atoms with Gasteiger partial charge in [-0.3, -0.25) is 9.59 Å². The van der Waals surface area contributed by atoms with E-state index in [0.29, 0.717) is 13.1 Å². The van der Waals surface area contributed by atoms with E-state index in [4.69, 9.17) is 5.73 Å². The van der Waals surface area contributed by atoms with Gasteiger partial charge in [0.05, 0.1) is 5.92 Å². The summed E-state index contributed by atoms with van der Waals surface area (Å²) in [6, 6.07) is -0.623. The Kier molecular flexibility index (Phi) is 3.90. The van der Waals surface area contributed by atoms with Crippen molar-refractivity contribution in [2.24, 2.45) is 11.7 Å². The highest BCUT2D eigenvalue weighted by Crippen LogP contribution is 2.07. The monoisotopic (exact) mass is 214 g/mol. The normalized spacial score (nSPS) is 19.5. The average molecular weight is 214 g/mol. The van der Waals surface area contributed by atoms with Crippen molar-refractivity contribution in [3.8, 4) is 0 Å². The van der Waals surface area contributed by atoms with Crippen molar-refractivity contribution >= 4 is 17.8 Å². The first-order valence-electron chi connectivity index (χ1n) is 4.67. The Morgan fingerprint density at radius 3 is 2.60 bits per heavy atom. The number of carbonyl (C=O) groups is 3. The molecule has 0 aromatic carbocycles. The minimum Gasteiger partial charge on any atom is -0.355 e. The van der Waals surface area contributed by atoms with E-state index in [2.05, 4.69) is 16.0 Å². The third-order valence-electron chi connectivity index (χ3n) is 2.07. The van der Waals surface area contributed by atoms with Crippen LogP contribution in [-0.4, -0.2) is 37.5 Å². The number of primary amides is 1. The number of urea groups is 1. The van der Waals surface area contributed by atoms with Crippen LogP contribution in [-0.2, 0) is 9.59 Å². The molecule has 1 aliphatic heterocycles. The molecule has 0 aliphatic carbocycles. The molecule has 0 saturated carbocycles. The minimum atomic E-state index is -0.623. The van der Waals surface area contributed by atoms with Crippen molar-refractivity contribution in [2.75, 3.05) is 19.6 Å². The molecule has 1 heterocycles.